The van der Waals surface area contributed by atoms with E-state index >= 15 is 0 Å². The van der Waals surface area contributed by atoms with Crippen LogP contribution >= 0.6 is 12.6 Å². The molecule has 4 atom stereocenters. The summed E-state index contributed by atoms with van der Waals surface area (Å²) in [7, 11) is 0. The van der Waals surface area contributed by atoms with Crippen molar-refractivity contribution in [3.63, 3.8) is 0 Å². The predicted octanol–water partition coefficient (Wildman–Crippen LogP) is -2.95. The zero-order valence-electron chi connectivity index (χ0n) is 8.43. The van der Waals surface area contributed by atoms with Gasteiger partial charge in [-0.1, -0.05) is 0 Å². The van der Waals surface area contributed by atoms with Crippen LogP contribution in [0.5, 0.6) is 0 Å². The van der Waals surface area contributed by atoms with Gasteiger partial charge in [0.15, 0.2) is 6.29 Å². The molecule has 2 unspecified atom stereocenters. The van der Waals surface area contributed by atoms with Gasteiger partial charge < -0.3 is 35.0 Å². The Morgan fingerprint density at radius 1 is 1.31 bits per heavy atom. The molecule has 16 heavy (non-hydrogen) atoms. The first-order valence-corrected chi connectivity index (χ1v) is 5.38. The van der Waals surface area contributed by atoms with Gasteiger partial charge in [-0.25, -0.2) is 0 Å². The Kier molecular flexibility index (Phi) is 4.95. The molecule has 0 aromatic carbocycles. The SMILES string of the molecule is OCC1O[C@H](OCCS)C(O)[C@@H](O)C1(O)O. The van der Waals surface area contributed by atoms with Crippen LogP contribution in [0.3, 0.4) is 0 Å². The Balaban J connectivity index is 2.71. The number of aliphatic hydroxyl groups is 5. The van der Waals surface area contributed by atoms with E-state index in [-0.39, 0.29) is 6.61 Å². The monoisotopic (exact) mass is 256 g/mol. The molecule has 0 amide bonds. The molecule has 1 rings (SSSR count). The Bertz CT molecular complexity index is 220. The molecule has 0 bridgehead atoms. The molecule has 7 nitrogen and oxygen atoms in total. The lowest BCUT2D eigenvalue weighted by molar-refractivity contribution is -0.385. The predicted molar refractivity (Wildman–Crippen MR) is 54.7 cm³/mol. The third-order valence-corrected chi connectivity index (χ3v) is 2.53. The lowest BCUT2D eigenvalue weighted by Gasteiger charge is -2.44. The van der Waals surface area contributed by atoms with Crippen LogP contribution in [0.1, 0.15) is 0 Å². The summed E-state index contributed by atoms with van der Waals surface area (Å²) in [5.41, 5.74) is 0. The van der Waals surface area contributed by atoms with Gasteiger partial charge in [-0.05, 0) is 0 Å². The molecular weight excluding hydrogens is 240 g/mol. The van der Waals surface area contributed by atoms with Gasteiger partial charge in [-0.15, -0.1) is 0 Å². The van der Waals surface area contributed by atoms with Gasteiger partial charge in [0.25, 0.3) is 0 Å². The third kappa shape index (κ3) is 2.66. The Hall–Kier alpha value is 0.0700. The molecule has 0 saturated carbocycles. The first-order valence-electron chi connectivity index (χ1n) is 4.74. The minimum Gasteiger partial charge on any atom is -0.393 e. The summed E-state index contributed by atoms with van der Waals surface area (Å²) in [6.07, 6.45) is -6.18. The Morgan fingerprint density at radius 2 is 1.94 bits per heavy atom. The van der Waals surface area contributed by atoms with E-state index in [9.17, 15) is 20.4 Å². The van der Waals surface area contributed by atoms with E-state index in [4.69, 9.17) is 14.6 Å². The molecule has 1 aliphatic rings. The molecule has 96 valence electrons. The van der Waals surface area contributed by atoms with E-state index in [1.165, 1.54) is 0 Å². The minimum atomic E-state index is -2.71. The quantitative estimate of drug-likeness (QED) is 0.235. The number of rotatable bonds is 4. The third-order valence-electron chi connectivity index (χ3n) is 2.35. The molecule has 1 saturated heterocycles. The van der Waals surface area contributed by atoms with Crippen molar-refractivity contribution in [1.82, 2.24) is 0 Å². The van der Waals surface area contributed by atoms with Gasteiger partial charge in [-0.3, -0.25) is 0 Å². The maximum atomic E-state index is 9.49. The molecule has 8 heteroatoms. The fourth-order valence-electron chi connectivity index (χ4n) is 1.42. The molecule has 0 spiro atoms. The molecule has 0 aromatic rings. The fourth-order valence-corrected chi connectivity index (χ4v) is 1.52. The van der Waals surface area contributed by atoms with Gasteiger partial charge >= 0.3 is 0 Å². The lowest BCUT2D eigenvalue weighted by Crippen LogP contribution is -2.67. The highest BCUT2D eigenvalue weighted by atomic mass is 32.1. The molecule has 0 aromatic heterocycles. The normalized spacial score (nSPS) is 38.6. The molecule has 1 fully saturated rings. The lowest BCUT2D eigenvalue weighted by atomic mass is 9.95. The summed E-state index contributed by atoms with van der Waals surface area (Å²) in [6.45, 7) is -0.572. The van der Waals surface area contributed by atoms with Crippen molar-refractivity contribution in [2.24, 2.45) is 0 Å². The van der Waals surface area contributed by atoms with E-state index in [1.807, 2.05) is 0 Å². The van der Waals surface area contributed by atoms with Crippen LogP contribution in [0.15, 0.2) is 0 Å². The highest BCUT2D eigenvalue weighted by Crippen LogP contribution is 2.28. The van der Waals surface area contributed by atoms with Crippen molar-refractivity contribution in [2.75, 3.05) is 19.0 Å². The van der Waals surface area contributed by atoms with Gasteiger partial charge in [0.1, 0.15) is 18.3 Å². The number of aliphatic hydroxyl groups excluding tert-OH is 3. The highest BCUT2D eigenvalue weighted by molar-refractivity contribution is 7.80. The van der Waals surface area contributed by atoms with Crippen LogP contribution in [0.25, 0.3) is 0 Å². The summed E-state index contributed by atoms with van der Waals surface area (Å²) in [6, 6.07) is 0. The van der Waals surface area contributed by atoms with Crippen LogP contribution < -0.4 is 0 Å². The zero-order chi connectivity index (χ0) is 12.3. The van der Waals surface area contributed by atoms with Gasteiger partial charge in [0.2, 0.25) is 5.79 Å². The van der Waals surface area contributed by atoms with Crippen LogP contribution in [-0.4, -0.2) is 74.9 Å². The van der Waals surface area contributed by atoms with Crippen LogP contribution in [0.2, 0.25) is 0 Å². The standard InChI is InChI=1S/C8H16O7S/c9-3-4-8(12,13)6(11)5(10)7(15-4)14-1-2-16/h4-7,9-13,16H,1-3H2/t4?,5?,6-,7+/m1/s1. The number of thiol groups is 1. The fraction of sp³-hybridized carbons (Fsp3) is 1.00. The second-order valence-electron chi connectivity index (χ2n) is 3.49. The van der Waals surface area contributed by atoms with E-state index in [2.05, 4.69) is 12.6 Å². The molecular formula is C8H16O7S. The van der Waals surface area contributed by atoms with Crippen LogP contribution in [0.4, 0.5) is 0 Å². The minimum absolute atomic E-state index is 0.152. The molecule has 1 heterocycles. The maximum absolute atomic E-state index is 9.49. The van der Waals surface area contributed by atoms with Crippen LogP contribution in [0, 0.1) is 0 Å². The van der Waals surface area contributed by atoms with Crippen molar-refractivity contribution < 1.29 is 35.0 Å². The van der Waals surface area contributed by atoms with Crippen molar-refractivity contribution in [3.8, 4) is 0 Å². The Morgan fingerprint density at radius 3 is 2.44 bits per heavy atom. The molecule has 0 radical (unpaired) electrons. The van der Waals surface area contributed by atoms with Crippen LogP contribution in [-0.2, 0) is 9.47 Å². The average molecular weight is 256 g/mol. The van der Waals surface area contributed by atoms with Crippen molar-refractivity contribution in [2.45, 2.75) is 30.4 Å². The molecule has 0 aliphatic carbocycles. The van der Waals surface area contributed by atoms with E-state index in [0.29, 0.717) is 5.75 Å². The first-order chi connectivity index (χ1) is 7.45. The highest BCUT2D eigenvalue weighted by Gasteiger charge is 2.54. The van der Waals surface area contributed by atoms with E-state index < -0.39 is 37.0 Å². The summed E-state index contributed by atoms with van der Waals surface area (Å²) < 4.78 is 9.92. The van der Waals surface area contributed by atoms with Gasteiger partial charge in [-0.2, -0.15) is 12.6 Å². The Labute approximate surface area is 97.6 Å². The van der Waals surface area contributed by atoms with Gasteiger partial charge in [0.05, 0.1) is 13.2 Å². The topological polar surface area (TPSA) is 120 Å². The van der Waals surface area contributed by atoms with Gasteiger partial charge in [0, 0.05) is 5.75 Å². The number of hydrogen-bond donors (Lipinski definition) is 6. The second-order valence-corrected chi connectivity index (χ2v) is 3.94. The zero-order valence-corrected chi connectivity index (χ0v) is 9.32. The summed E-state index contributed by atoms with van der Waals surface area (Å²) in [4.78, 5) is 0. The smallest absolute Gasteiger partial charge is 0.221 e. The number of hydrogen-bond acceptors (Lipinski definition) is 8. The van der Waals surface area contributed by atoms with Crippen molar-refractivity contribution in [1.29, 1.82) is 0 Å². The van der Waals surface area contributed by atoms with E-state index in [0.717, 1.165) is 0 Å². The molecule has 5 N–H and O–H groups in total. The second kappa shape index (κ2) is 5.61. The summed E-state index contributed by atoms with van der Waals surface area (Å²) in [5, 5.41) is 46.6. The van der Waals surface area contributed by atoms with E-state index in [1.54, 1.807) is 0 Å². The average Bonchev–Trinajstić information content (AvgIpc) is 2.25. The maximum Gasteiger partial charge on any atom is 0.221 e. The molecule has 1 aliphatic heterocycles. The largest absolute Gasteiger partial charge is 0.393 e. The summed E-state index contributed by atoms with van der Waals surface area (Å²) >= 11 is 3.88. The van der Waals surface area contributed by atoms with Crippen molar-refractivity contribution in [3.05, 3.63) is 0 Å². The first kappa shape index (κ1) is 14.1. The van der Waals surface area contributed by atoms with Crippen molar-refractivity contribution >= 4 is 12.6 Å². The number of ether oxygens (including phenoxy) is 2. The summed E-state index contributed by atoms with van der Waals surface area (Å²) in [5.74, 6) is -2.34.